The van der Waals surface area contributed by atoms with E-state index in [1.165, 1.54) is 0 Å². The lowest BCUT2D eigenvalue weighted by Crippen LogP contribution is -2.24. The second-order valence-corrected chi connectivity index (χ2v) is 1.65. The van der Waals surface area contributed by atoms with Crippen molar-refractivity contribution in [2.75, 3.05) is 6.61 Å². The fraction of sp³-hybridized carbons (Fsp3) is 1.00. The molecule has 0 saturated heterocycles. The van der Waals surface area contributed by atoms with Crippen LogP contribution < -0.4 is 0 Å². The molecule has 0 radical (unpaired) electrons. The van der Waals surface area contributed by atoms with Crippen molar-refractivity contribution in [1.82, 2.24) is 0 Å². The number of thiol groups is 1. The highest BCUT2D eigenvalue weighted by Crippen LogP contribution is 1.99. The molecule has 0 heterocycles. The van der Waals surface area contributed by atoms with Gasteiger partial charge in [0.1, 0.15) is 6.61 Å². The van der Waals surface area contributed by atoms with Crippen LogP contribution in [0.4, 0.5) is 0 Å². The second kappa shape index (κ2) is 1.79. The molecule has 0 fully saturated rings. The highest BCUT2D eigenvalue weighted by Gasteiger charge is 2.12. The maximum absolute atomic E-state index is 8.00. The van der Waals surface area contributed by atoms with E-state index < -0.39 is 11.7 Å². The molecule has 38 valence electrons. The topological polar surface area (TPSA) is 60.7 Å². The Balaban J connectivity index is 3.17. The number of aliphatic hydroxyl groups is 3. The lowest BCUT2D eigenvalue weighted by atomic mass is 10.7. The smallest absolute Gasteiger partial charge is 0.234 e. The zero-order valence-corrected chi connectivity index (χ0v) is 3.89. The number of hydrogen-bond acceptors (Lipinski definition) is 4. The van der Waals surface area contributed by atoms with Gasteiger partial charge in [-0.2, -0.15) is 0 Å². The Bertz CT molecular complexity index is 38.5. The fourth-order valence-corrected chi connectivity index (χ4v) is 0. The van der Waals surface area contributed by atoms with Gasteiger partial charge in [-0.3, -0.25) is 0 Å². The van der Waals surface area contributed by atoms with Crippen LogP contribution in [0.5, 0.6) is 0 Å². The SMILES string of the molecule is OCC(O)(O)S. The monoisotopic (exact) mass is 110 g/mol. The molecular formula is C2H6O3S. The minimum Gasteiger partial charge on any atom is -0.390 e. The van der Waals surface area contributed by atoms with Gasteiger partial charge in [0, 0.05) is 0 Å². The normalized spacial score (nSPS) is 12.0. The second-order valence-electron chi connectivity index (χ2n) is 0.932. The van der Waals surface area contributed by atoms with E-state index in [1.54, 1.807) is 0 Å². The molecule has 0 rings (SSSR count). The molecule has 0 aliphatic rings. The van der Waals surface area contributed by atoms with E-state index in [1.807, 2.05) is 0 Å². The molecule has 6 heavy (non-hydrogen) atoms. The van der Waals surface area contributed by atoms with Gasteiger partial charge in [-0.25, -0.2) is 0 Å². The van der Waals surface area contributed by atoms with Gasteiger partial charge in [0.15, 0.2) is 0 Å². The van der Waals surface area contributed by atoms with Crippen molar-refractivity contribution in [2.24, 2.45) is 0 Å². The first-order valence-corrected chi connectivity index (χ1v) is 1.79. The first-order valence-electron chi connectivity index (χ1n) is 1.34. The Kier molecular flexibility index (Phi) is 1.86. The summed E-state index contributed by atoms with van der Waals surface area (Å²) >= 11 is 3.12. The van der Waals surface area contributed by atoms with E-state index >= 15 is 0 Å². The van der Waals surface area contributed by atoms with Crippen LogP contribution in [0.3, 0.4) is 0 Å². The molecule has 0 saturated carbocycles. The molecule has 0 aliphatic carbocycles. The largest absolute Gasteiger partial charge is 0.390 e. The third-order valence-electron chi connectivity index (χ3n) is 0.212. The lowest BCUT2D eigenvalue weighted by molar-refractivity contribution is -0.106. The van der Waals surface area contributed by atoms with E-state index in [-0.39, 0.29) is 0 Å². The van der Waals surface area contributed by atoms with E-state index in [2.05, 4.69) is 12.6 Å². The summed E-state index contributed by atoms with van der Waals surface area (Å²) in [5.74, 6) is 0. The van der Waals surface area contributed by atoms with Crippen molar-refractivity contribution in [1.29, 1.82) is 0 Å². The van der Waals surface area contributed by atoms with Crippen molar-refractivity contribution in [3.63, 3.8) is 0 Å². The Morgan fingerprint density at radius 1 is 1.50 bits per heavy atom. The third kappa shape index (κ3) is 4.23. The van der Waals surface area contributed by atoms with Gasteiger partial charge in [-0.05, 0) is 0 Å². The average Bonchev–Trinajstić information content (AvgIpc) is 1.35. The number of aliphatic hydroxyl groups excluding tert-OH is 1. The van der Waals surface area contributed by atoms with Crippen LogP contribution in [0.25, 0.3) is 0 Å². The van der Waals surface area contributed by atoms with Crippen molar-refractivity contribution in [2.45, 2.75) is 5.12 Å². The van der Waals surface area contributed by atoms with Gasteiger partial charge in [-0.15, -0.1) is 12.6 Å². The predicted molar refractivity (Wildman–Crippen MR) is 23.2 cm³/mol. The quantitative estimate of drug-likeness (QED) is 0.246. The first-order chi connectivity index (χ1) is 2.56. The predicted octanol–water partition coefficient (Wildman–Crippen LogP) is -1.45. The van der Waals surface area contributed by atoms with Gasteiger partial charge in [-0.1, -0.05) is 0 Å². The summed E-state index contributed by atoms with van der Waals surface area (Å²) in [6.45, 7) is -0.754. The number of rotatable bonds is 1. The maximum Gasteiger partial charge on any atom is 0.234 e. The van der Waals surface area contributed by atoms with Crippen molar-refractivity contribution >= 4 is 12.6 Å². The molecule has 3 N–H and O–H groups in total. The summed E-state index contributed by atoms with van der Waals surface area (Å²) < 4.78 is 0. The average molecular weight is 110 g/mol. The van der Waals surface area contributed by atoms with E-state index in [0.717, 1.165) is 0 Å². The van der Waals surface area contributed by atoms with Gasteiger partial charge < -0.3 is 15.3 Å². The zero-order chi connectivity index (χ0) is 5.21. The van der Waals surface area contributed by atoms with E-state index in [4.69, 9.17) is 15.3 Å². The third-order valence-corrected chi connectivity index (χ3v) is 0.354. The molecule has 0 aromatic heterocycles. The number of hydrogen-bond donors (Lipinski definition) is 4. The van der Waals surface area contributed by atoms with Gasteiger partial charge in [0.2, 0.25) is 5.12 Å². The Morgan fingerprint density at radius 2 is 1.67 bits per heavy atom. The van der Waals surface area contributed by atoms with Gasteiger partial charge in [0.25, 0.3) is 0 Å². The molecule has 0 spiro atoms. The standard InChI is InChI=1S/C2H6O3S/c3-1-2(4,5)6/h3-6H,1H2. The molecule has 0 aromatic rings. The molecule has 0 aliphatic heterocycles. The Morgan fingerprint density at radius 3 is 1.67 bits per heavy atom. The molecule has 0 bridgehead atoms. The van der Waals surface area contributed by atoms with Crippen LogP contribution in [-0.2, 0) is 0 Å². The Hall–Kier alpha value is 0.230. The lowest BCUT2D eigenvalue weighted by Gasteiger charge is -2.07. The molecule has 0 amide bonds. The van der Waals surface area contributed by atoms with Crippen molar-refractivity contribution < 1.29 is 15.3 Å². The van der Waals surface area contributed by atoms with E-state index in [0.29, 0.717) is 0 Å². The Labute approximate surface area is 40.6 Å². The van der Waals surface area contributed by atoms with Gasteiger partial charge in [0.05, 0.1) is 0 Å². The first kappa shape index (κ1) is 6.23. The highest BCUT2D eigenvalue weighted by atomic mass is 32.1. The molecule has 0 aromatic carbocycles. The zero-order valence-electron chi connectivity index (χ0n) is 3.00. The minimum atomic E-state index is -2.21. The van der Waals surface area contributed by atoms with Crippen LogP contribution in [0.1, 0.15) is 0 Å². The summed E-state index contributed by atoms with van der Waals surface area (Å²) in [4.78, 5) is 0. The molecule has 3 nitrogen and oxygen atoms in total. The van der Waals surface area contributed by atoms with Crippen LogP contribution in [0.15, 0.2) is 0 Å². The summed E-state index contributed by atoms with van der Waals surface area (Å²) in [6, 6.07) is 0. The summed E-state index contributed by atoms with van der Waals surface area (Å²) in [5, 5.41) is 21.6. The maximum atomic E-state index is 8.00. The van der Waals surface area contributed by atoms with Crippen LogP contribution in [0, 0.1) is 0 Å². The van der Waals surface area contributed by atoms with Crippen LogP contribution >= 0.6 is 12.6 Å². The summed E-state index contributed by atoms with van der Waals surface area (Å²) in [7, 11) is 0. The van der Waals surface area contributed by atoms with E-state index in [9.17, 15) is 0 Å². The fourth-order valence-electron chi connectivity index (χ4n) is 0. The molecular weight excluding hydrogens is 104 g/mol. The molecule has 4 heteroatoms. The molecule has 0 unspecified atom stereocenters. The summed E-state index contributed by atoms with van der Waals surface area (Å²) in [6.07, 6.45) is 0. The van der Waals surface area contributed by atoms with Crippen molar-refractivity contribution in [3.8, 4) is 0 Å². The highest BCUT2D eigenvalue weighted by molar-refractivity contribution is 7.81. The van der Waals surface area contributed by atoms with Crippen LogP contribution in [0.2, 0.25) is 0 Å². The summed E-state index contributed by atoms with van der Waals surface area (Å²) in [5.41, 5.74) is 0. The van der Waals surface area contributed by atoms with Crippen molar-refractivity contribution in [3.05, 3.63) is 0 Å². The minimum absolute atomic E-state index is 0.754. The van der Waals surface area contributed by atoms with Gasteiger partial charge >= 0.3 is 0 Å². The van der Waals surface area contributed by atoms with Crippen LogP contribution in [-0.4, -0.2) is 27.0 Å². The molecule has 0 atom stereocenters.